The van der Waals surface area contributed by atoms with Gasteiger partial charge in [-0.25, -0.2) is 0 Å². The van der Waals surface area contributed by atoms with Crippen molar-refractivity contribution >= 4 is 17.8 Å². The van der Waals surface area contributed by atoms with Gasteiger partial charge in [0, 0.05) is 38.6 Å². The van der Waals surface area contributed by atoms with Crippen LogP contribution in [-0.2, 0) is 14.4 Å². The van der Waals surface area contributed by atoms with Crippen molar-refractivity contribution < 1.29 is 29.0 Å². The molecular formula is C18H23N2O6-. The summed E-state index contributed by atoms with van der Waals surface area (Å²) in [6.07, 6.45) is 0.330. The van der Waals surface area contributed by atoms with E-state index in [1.54, 1.807) is 28.0 Å². The summed E-state index contributed by atoms with van der Waals surface area (Å²) in [5, 5.41) is 10.4. The largest absolute Gasteiger partial charge is 0.550 e. The highest BCUT2D eigenvalue weighted by atomic mass is 16.5. The lowest BCUT2D eigenvalue weighted by atomic mass is 10.2. The quantitative estimate of drug-likeness (QED) is 0.627. The maximum Gasteiger partial charge on any atom is 0.260 e. The molecule has 0 spiro atoms. The van der Waals surface area contributed by atoms with Gasteiger partial charge in [-0.05, 0) is 25.0 Å². The molecular weight excluding hydrogens is 340 g/mol. The Balaban J connectivity index is 1.74. The average molecular weight is 363 g/mol. The summed E-state index contributed by atoms with van der Waals surface area (Å²) in [6, 6.07) is 7.10. The molecule has 1 aliphatic heterocycles. The normalized spacial score (nSPS) is 14.0. The Morgan fingerprint density at radius 2 is 1.54 bits per heavy atom. The second-order valence-corrected chi connectivity index (χ2v) is 5.93. The molecule has 0 aromatic heterocycles. The van der Waals surface area contributed by atoms with Crippen LogP contribution in [-0.4, -0.2) is 67.5 Å². The van der Waals surface area contributed by atoms with Gasteiger partial charge >= 0.3 is 0 Å². The highest BCUT2D eigenvalue weighted by molar-refractivity contribution is 5.79. The second kappa shape index (κ2) is 9.65. The number of hydrogen-bond donors (Lipinski definition) is 0. The Kier molecular flexibility index (Phi) is 7.25. The molecule has 8 nitrogen and oxygen atoms in total. The van der Waals surface area contributed by atoms with Crippen LogP contribution in [0.1, 0.15) is 19.3 Å². The zero-order valence-corrected chi connectivity index (χ0v) is 14.8. The molecule has 0 bridgehead atoms. The first kappa shape index (κ1) is 19.6. The van der Waals surface area contributed by atoms with E-state index in [4.69, 9.17) is 9.47 Å². The summed E-state index contributed by atoms with van der Waals surface area (Å²) in [4.78, 5) is 38.0. The van der Waals surface area contributed by atoms with Crippen molar-refractivity contribution in [2.24, 2.45) is 0 Å². The molecule has 1 aliphatic rings. The van der Waals surface area contributed by atoms with Crippen LogP contribution >= 0.6 is 0 Å². The summed E-state index contributed by atoms with van der Waals surface area (Å²) in [6.45, 7) is 1.63. The molecule has 0 radical (unpaired) electrons. The number of benzene rings is 1. The number of piperazine rings is 1. The predicted octanol–water partition coefficient (Wildman–Crippen LogP) is -0.335. The number of nitrogens with zero attached hydrogens (tertiary/aromatic N) is 2. The van der Waals surface area contributed by atoms with E-state index in [1.165, 1.54) is 7.11 Å². The van der Waals surface area contributed by atoms with Crippen LogP contribution in [0.3, 0.4) is 0 Å². The van der Waals surface area contributed by atoms with Crippen molar-refractivity contribution in [1.29, 1.82) is 0 Å². The summed E-state index contributed by atoms with van der Waals surface area (Å²) >= 11 is 0. The zero-order chi connectivity index (χ0) is 18.9. The first-order valence-corrected chi connectivity index (χ1v) is 8.52. The number of carboxylic acid groups (broad SMARTS) is 1. The lowest BCUT2D eigenvalue weighted by molar-refractivity contribution is -0.305. The minimum absolute atomic E-state index is 0.0939. The molecule has 8 heteroatoms. The lowest BCUT2D eigenvalue weighted by Crippen LogP contribution is -2.51. The van der Waals surface area contributed by atoms with Crippen LogP contribution in [0.4, 0.5) is 0 Å². The minimum Gasteiger partial charge on any atom is -0.550 e. The van der Waals surface area contributed by atoms with Gasteiger partial charge in [0.05, 0.1) is 7.11 Å². The number of carbonyl (C=O) groups excluding carboxylic acids is 3. The average Bonchev–Trinajstić information content (AvgIpc) is 2.66. The maximum absolute atomic E-state index is 12.3. The minimum atomic E-state index is -1.15. The fourth-order valence-electron chi connectivity index (χ4n) is 2.72. The first-order chi connectivity index (χ1) is 12.5. The van der Waals surface area contributed by atoms with Crippen LogP contribution in [0.5, 0.6) is 11.5 Å². The summed E-state index contributed by atoms with van der Waals surface area (Å²) < 4.78 is 10.7. The molecule has 0 saturated carbocycles. The standard InChI is InChI=1S/C18H24N2O6/c1-25-14-5-2-3-6-15(14)26-13-17(22)20-11-9-19(10-12-20)16(21)7-4-8-18(23)24/h2-3,5-6H,4,7-13H2,1H3,(H,23,24)/p-1. The summed E-state index contributed by atoms with van der Waals surface area (Å²) in [5.74, 6) is -0.329. The van der Waals surface area contributed by atoms with E-state index in [0.29, 0.717) is 37.7 Å². The van der Waals surface area contributed by atoms with Gasteiger partial charge in [-0.1, -0.05) is 12.1 Å². The van der Waals surface area contributed by atoms with E-state index in [0.717, 1.165) is 0 Å². The smallest absolute Gasteiger partial charge is 0.260 e. The van der Waals surface area contributed by atoms with Gasteiger partial charge < -0.3 is 29.2 Å². The molecule has 1 heterocycles. The molecule has 1 aromatic rings. The SMILES string of the molecule is COc1ccccc1OCC(=O)N1CCN(C(=O)CCCC(=O)[O-])CC1. The third-order valence-corrected chi connectivity index (χ3v) is 4.18. The Labute approximate surface area is 152 Å². The number of hydrogen-bond acceptors (Lipinski definition) is 6. The highest BCUT2D eigenvalue weighted by Crippen LogP contribution is 2.25. The van der Waals surface area contributed by atoms with Crippen LogP contribution in [0.15, 0.2) is 24.3 Å². The molecule has 1 fully saturated rings. The van der Waals surface area contributed by atoms with Crippen LogP contribution in [0.25, 0.3) is 0 Å². The highest BCUT2D eigenvalue weighted by Gasteiger charge is 2.24. The molecule has 26 heavy (non-hydrogen) atoms. The Morgan fingerprint density at radius 1 is 0.962 bits per heavy atom. The van der Waals surface area contributed by atoms with Crippen LogP contribution in [0.2, 0.25) is 0 Å². The van der Waals surface area contributed by atoms with Gasteiger partial charge in [0.2, 0.25) is 5.91 Å². The van der Waals surface area contributed by atoms with Gasteiger partial charge in [0.1, 0.15) is 0 Å². The fraction of sp³-hybridized carbons (Fsp3) is 0.500. The van der Waals surface area contributed by atoms with E-state index in [2.05, 4.69) is 0 Å². The van der Waals surface area contributed by atoms with Crippen LogP contribution < -0.4 is 14.6 Å². The third-order valence-electron chi connectivity index (χ3n) is 4.18. The molecule has 0 unspecified atom stereocenters. The van der Waals surface area contributed by atoms with Crippen LogP contribution in [0, 0.1) is 0 Å². The number of ether oxygens (including phenoxy) is 2. The molecule has 0 atom stereocenters. The number of aliphatic carboxylic acids is 1. The Morgan fingerprint density at radius 3 is 2.12 bits per heavy atom. The molecule has 0 N–H and O–H groups in total. The molecule has 1 aromatic carbocycles. The topological polar surface area (TPSA) is 99.2 Å². The molecule has 0 aliphatic carbocycles. The second-order valence-electron chi connectivity index (χ2n) is 5.93. The molecule has 2 amide bonds. The van der Waals surface area contributed by atoms with Crippen molar-refractivity contribution in [2.75, 3.05) is 39.9 Å². The Bertz CT molecular complexity index is 640. The van der Waals surface area contributed by atoms with Gasteiger partial charge in [-0.15, -0.1) is 0 Å². The van der Waals surface area contributed by atoms with E-state index in [-0.39, 0.29) is 37.7 Å². The first-order valence-electron chi connectivity index (χ1n) is 8.52. The van der Waals surface area contributed by atoms with E-state index < -0.39 is 5.97 Å². The van der Waals surface area contributed by atoms with E-state index in [1.807, 2.05) is 6.07 Å². The van der Waals surface area contributed by atoms with Gasteiger partial charge in [0.15, 0.2) is 18.1 Å². The van der Waals surface area contributed by atoms with Gasteiger partial charge in [-0.2, -0.15) is 0 Å². The maximum atomic E-state index is 12.3. The Hall–Kier alpha value is -2.77. The predicted molar refractivity (Wildman–Crippen MR) is 90.5 cm³/mol. The summed E-state index contributed by atoms with van der Waals surface area (Å²) in [7, 11) is 1.53. The van der Waals surface area contributed by atoms with E-state index in [9.17, 15) is 19.5 Å². The van der Waals surface area contributed by atoms with Gasteiger partial charge in [0.25, 0.3) is 5.91 Å². The monoisotopic (exact) mass is 363 g/mol. The number of methoxy groups -OCH3 is 1. The number of rotatable bonds is 8. The summed E-state index contributed by atoms with van der Waals surface area (Å²) in [5.41, 5.74) is 0. The van der Waals surface area contributed by atoms with Crippen molar-refractivity contribution in [3.05, 3.63) is 24.3 Å². The van der Waals surface area contributed by atoms with E-state index >= 15 is 0 Å². The molecule has 142 valence electrons. The number of amides is 2. The lowest BCUT2D eigenvalue weighted by Gasteiger charge is -2.34. The fourth-order valence-corrected chi connectivity index (χ4v) is 2.72. The van der Waals surface area contributed by atoms with Crippen molar-refractivity contribution in [1.82, 2.24) is 9.80 Å². The number of carboxylic acids is 1. The molecule has 2 rings (SSSR count). The molecule has 1 saturated heterocycles. The number of carbonyl (C=O) groups is 3. The van der Waals surface area contributed by atoms with Gasteiger partial charge in [-0.3, -0.25) is 9.59 Å². The third kappa shape index (κ3) is 5.65. The number of para-hydroxylation sites is 2. The zero-order valence-electron chi connectivity index (χ0n) is 14.8. The van der Waals surface area contributed by atoms with Crippen molar-refractivity contribution in [3.8, 4) is 11.5 Å². The van der Waals surface area contributed by atoms with Crippen molar-refractivity contribution in [2.45, 2.75) is 19.3 Å². The van der Waals surface area contributed by atoms with Crippen molar-refractivity contribution in [3.63, 3.8) is 0 Å².